The van der Waals surface area contributed by atoms with E-state index in [1.807, 2.05) is 31.8 Å². The van der Waals surface area contributed by atoms with Crippen LogP contribution in [0.15, 0.2) is 11.2 Å². The summed E-state index contributed by atoms with van der Waals surface area (Å²) in [6, 6.07) is 0. The van der Waals surface area contributed by atoms with Crippen LogP contribution in [0.1, 0.15) is 24.6 Å². The van der Waals surface area contributed by atoms with Gasteiger partial charge in [-0.1, -0.05) is 6.92 Å². The number of amidine groups is 1. The van der Waals surface area contributed by atoms with E-state index in [0.717, 1.165) is 17.7 Å². The smallest absolute Gasteiger partial charge is 0.0939 e. The molecule has 4 nitrogen and oxygen atoms in total. The van der Waals surface area contributed by atoms with Crippen molar-refractivity contribution in [2.75, 3.05) is 0 Å². The van der Waals surface area contributed by atoms with Crippen LogP contribution >= 0.6 is 0 Å². The second-order valence-corrected chi connectivity index (χ2v) is 3.06. The molecule has 0 unspecified atom stereocenters. The maximum absolute atomic E-state index is 5.61. The predicted octanol–water partition coefficient (Wildman–Crippen LogP) is 0.996. The number of aromatic nitrogens is 2. The number of nitrogens with two attached hydrogens (primary N) is 1. The Hall–Kier alpha value is -1.32. The maximum atomic E-state index is 5.61. The third-order valence-corrected chi connectivity index (χ3v) is 2.06. The zero-order valence-corrected chi connectivity index (χ0v) is 8.41. The first-order chi connectivity index (χ1) is 6.15. The highest BCUT2D eigenvalue weighted by Gasteiger charge is 2.02. The molecule has 0 aromatic carbocycles. The van der Waals surface area contributed by atoms with E-state index in [4.69, 9.17) is 5.73 Å². The van der Waals surface area contributed by atoms with Crippen LogP contribution < -0.4 is 5.73 Å². The van der Waals surface area contributed by atoms with Gasteiger partial charge in [0.15, 0.2) is 0 Å². The quantitative estimate of drug-likeness (QED) is 0.557. The van der Waals surface area contributed by atoms with Crippen molar-refractivity contribution >= 4 is 5.84 Å². The molecule has 0 amide bonds. The molecule has 0 atom stereocenters. The first-order valence-corrected chi connectivity index (χ1v) is 4.41. The average molecular weight is 180 g/mol. The largest absolute Gasteiger partial charge is 0.387 e. The maximum Gasteiger partial charge on any atom is 0.0939 e. The molecule has 0 fully saturated rings. The highest BCUT2D eigenvalue weighted by Crippen LogP contribution is 2.06. The van der Waals surface area contributed by atoms with Gasteiger partial charge in [-0.25, -0.2) is 0 Å². The summed E-state index contributed by atoms with van der Waals surface area (Å²) in [7, 11) is 1.92. The number of rotatable bonds is 3. The zero-order valence-electron chi connectivity index (χ0n) is 8.41. The van der Waals surface area contributed by atoms with E-state index in [2.05, 4.69) is 10.1 Å². The molecule has 2 N–H and O–H groups in total. The number of hydrogen-bond donors (Lipinski definition) is 1. The second kappa shape index (κ2) is 4.07. The van der Waals surface area contributed by atoms with E-state index in [0.29, 0.717) is 12.4 Å². The molecule has 0 aliphatic heterocycles. The summed E-state index contributed by atoms with van der Waals surface area (Å²) in [4.78, 5) is 4.24. The lowest BCUT2D eigenvalue weighted by Gasteiger charge is -2.00. The Kier molecular flexibility index (Phi) is 3.06. The molecule has 0 radical (unpaired) electrons. The molecule has 72 valence electrons. The van der Waals surface area contributed by atoms with Crippen molar-refractivity contribution in [2.24, 2.45) is 17.8 Å². The SMILES string of the molecule is CCC(N)=NCc1c(C)cnn1C. The molecule has 0 spiro atoms. The summed E-state index contributed by atoms with van der Waals surface area (Å²) in [6.07, 6.45) is 2.64. The lowest BCUT2D eigenvalue weighted by molar-refractivity contribution is 0.710. The van der Waals surface area contributed by atoms with Crippen LogP contribution in [0.4, 0.5) is 0 Å². The Labute approximate surface area is 78.5 Å². The molecule has 0 saturated heterocycles. The molecule has 0 aliphatic rings. The van der Waals surface area contributed by atoms with Gasteiger partial charge in [-0.15, -0.1) is 0 Å². The molecule has 1 aromatic rings. The molecule has 0 aliphatic carbocycles. The molecule has 1 rings (SSSR count). The molecular weight excluding hydrogens is 164 g/mol. The predicted molar refractivity (Wildman–Crippen MR) is 53.6 cm³/mol. The van der Waals surface area contributed by atoms with Crippen LogP contribution in [-0.4, -0.2) is 15.6 Å². The molecule has 4 heteroatoms. The van der Waals surface area contributed by atoms with Gasteiger partial charge in [-0.2, -0.15) is 5.10 Å². The third-order valence-electron chi connectivity index (χ3n) is 2.06. The van der Waals surface area contributed by atoms with Crippen molar-refractivity contribution in [1.82, 2.24) is 9.78 Å². The van der Waals surface area contributed by atoms with E-state index in [9.17, 15) is 0 Å². The topological polar surface area (TPSA) is 56.2 Å². The molecule has 1 heterocycles. The fourth-order valence-electron chi connectivity index (χ4n) is 1.09. The van der Waals surface area contributed by atoms with Gasteiger partial charge in [0.2, 0.25) is 0 Å². The molecule has 0 saturated carbocycles. The normalized spacial score (nSPS) is 12.1. The number of aliphatic imine (C=N–C) groups is 1. The minimum absolute atomic E-state index is 0.627. The van der Waals surface area contributed by atoms with E-state index in [1.165, 1.54) is 0 Å². The number of nitrogens with zero attached hydrogens (tertiary/aromatic N) is 3. The second-order valence-electron chi connectivity index (χ2n) is 3.06. The standard InChI is InChI=1S/C9H16N4/c1-4-9(10)11-6-8-7(2)5-12-13(8)3/h5H,4,6H2,1-3H3,(H2,10,11). The summed E-state index contributed by atoms with van der Waals surface area (Å²) >= 11 is 0. The van der Waals surface area contributed by atoms with Crippen LogP contribution in [0.3, 0.4) is 0 Å². The average Bonchev–Trinajstić information content (AvgIpc) is 2.43. The van der Waals surface area contributed by atoms with Gasteiger partial charge >= 0.3 is 0 Å². The summed E-state index contributed by atoms with van der Waals surface area (Å²) in [5.41, 5.74) is 7.89. The fraction of sp³-hybridized carbons (Fsp3) is 0.556. The van der Waals surface area contributed by atoms with Gasteiger partial charge < -0.3 is 5.73 Å². The van der Waals surface area contributed by atoms with Crippen molar-refractivity contribution in [3.8, 4) is 0 Å². The number of aryl methyl sites for hydroxylation is 2. The van der Waals surface area contributed by atoms with E-state index in [-0.39, 0.29) is 0 Å². The minimum Gasteiger partial charge on any atom is -0.387 e. The van der Waals surface area contributed by atoms with Crippen molar-refractivity contribution < 1.29 is 0 Å². The Morgan fingerprint density at radius 2 is 2.38 bits per heavy atom. The van der Waals surface area contributed by atoms with Crippen LogP contribution in [-0.2, 0) is 13.6 Å². The third kappa shape index (κ3) is 2.31. The summed E-state index contributed by atoms with van der Waals surface area (Å²) in [5, 5.41) is 4.13. The molecular formula is C9H16N4. The summed E-state index contributed by atoms with van der Waals surface area (Å²) in [5.74, 6) is 0.695. The van der Waals surface area contributed by atoms with E-state index < -0.39 is 0 Å². The van der Waals surface area contributed by atoms with Gasteiger partial charge in [0.05, 0.1) is 24.3 Å². The van der Waals surface area contributed by atoms with E-state index >= 15 is 0 Å². The van der Waals surface area contributed by atoms with Crippen molar-refractivity contribution in [3.05, 3.63) is 17.5 Å². The fourth-order valence-corrected chi connectivity index (χ4v) is 1.09. The monoisotopic (exact) mass is 180 g/mol. The van der Waals surface area contributed by atoms with Gasteiger partial charge in [0, 0.05) is 13.5 Å². The summed E-state index contributed by atoms with van der Waals surface area (Å²) in [6.45, 7) is 4.65. The van der Waals surface area contributed by atoms with Crippen molar-refractivity contribution in [3.63, 3.8) is 0 Å². The van der Waals surface area contributed by atoms with Crippen molar-refractivity contribution in [2.45, 2.75) is 26.8 Å². The Bertz CT molecular complexity index is 292. The van der Waals surface area contributed by atoms with Gasteiger partial charge in [0.1, 0.15) is 0 Å². The molecule has 13 heavy (non-hydrogen) atoms. The van der Waals surface area contributed by atoms with Gasteiger partial charge in [-0.05, 0) is 12.5 Å². The Morgan fingerprint density at radius 1 is 1.69 bits per heavy atom. The zero-order chi connectivity index (χ0) is 9.84. The van der Waals surface area contributed by atoms with Crippen LogP contribution in [0.2, 0.25) is 0 Å². The van der Waals surface area contributed by atoms with Crippen LogP contribution in [0.25, 0.3) is 0 Å². The highest BCUT2D eigenvalue weighted by atomic mass is 15.3. The minimum atomic E-state index is 0.627. The molecule has 0 bridgehead atoms. The lowest BCUT2D eigenvalue weighted by atomic mass is 10.3. The Balaban J connectivity index is 2.74. The lowest BCUT2D eigenvalue weighted by Crippen LogP contribution is -2.10. The Morgan fingerprint density at radius 3 is 2.85 bits per heavy atom. The van der Waals surface area contributed by atoms with Gasteiger partial charge in [-0.3, -0.25) is 9.67 Å². The van der Waals surface area contributed by atoms with Crippen molar-refractivity contribution in [1.29, 1.82) is 0 Å². The van der Waals surface area contributed by atoms with Crippen LogP contribution in [0, 0.1) is 6.92 Å². The highest BCUT2D eigenvalue weighted by molar-refractivity contribution is 5.79. The van der Waals surface area contributed by atoms with Crippen LogP contribution in [0.5, 0.6) is 0 Å². The molecule has 1 aromatic heterocycles. The van der Waals surface area contributed by atoms with Gasteiger partial charge in [0.25, 0.3) is 0 Å². The first kappa shape index (κ1) is 9.77. The summed E-state index contributed by atoms with van der Waals surface area (Å²) < 4.78 is 1.84. The number of hydrogen-bond acceptors (Lipinski definition) is 2. The first-order valence-electron chi connectivity index (χ1n) is 4.41. The van der Waals surface area contributed by atoms with E-state index in [1.54, 1.807) is 0 Å².